The molecule has 1 unspecified atom stereocenters. The first kappa shape index (κ1) is 12.6. The smallest absolute Gasteiger partial charge is 0.308 e. The summed E-state index contributed by atoms with van der Waals surface area (Å²) in [7, 11) is 0. The highest BCUT2D eigenvalue weighted by Crippen LogP contribution is 2.18. The first-order valence-corrected chi connectivity index (χ1v) is 6.16. The van der Waals surface area contributed by atoms with Crippen LogP contribution in [0.4, 0.5) is 0 Å². The van der Waals surface area contributed by atoms with Crippen molar-refractivity contribution in [2.75, 3.05) is 13.1 Å². The number of aryl methyl sites for hydroxylation is 1. The number of rotatable bonds is 3. The molecule has 0 aromatic carbocycles. The molecule has 1 amide bonds. The molecule has 1 aliphatic heterocycles. The number of carbonyl (C=O) groups is 2. The zero-order chi connectivity index (χ0) is 13.1. The Morgan fingerprint density at radius 3 is 2.94 bits per heavy atom. The summed E-state index contributed by atoms with van der Waals surface area (Å²) in [4.78, 5) is 24.7. The molecule has 1 fully saturated rings. The third-order valence-electron chi connectivity index (χ3n) is 3.26. The van der Waals surface area contributed by atoms with Crippen LogP contribution in [0.1, 0.15) is 30.1 Å². The van der Waals surface area contributed by atoms with E-state index in [0.29, 0.717) is 31.6 Å². The Hall–Kier alpha value is -1.85. The predicted molar refractivity (Wildman–Crippen MR) is 64.2 cm³/mol. The van der Waals surface area contributed by atoms with Crippen LogP contribution in [-0.2, 0) is 11.3 Å². The fourth-order valence-electron chi connectivity index (χ4n) is 2.19. The zero-order valence-electron chi connectivity index (χ0n) is 10.4. The summed E-state index contributed by atoms with van der Waals surface area (Å²) in [5.41, 5.74) is 0.530. The molecular weight excluding hydrogens is 234 g/mol. The van der Waals surface area contributed by atoms with Crippen LogP contribution in [0.25, 0.3) is 0 Å². The van der Waals surface area contributed by atoms with Crippen LogP contribution < -0.4 is 0 Å². The van der Waals surface area contributed by atoms with Crippen molar-refractivity contribution >= 4 is 11.9 Å². The maximum Gasteiger partial charge on any atom is 0.308 e. The number of carboxylic acid groups (broad SMARTS) is 1. The summed E-state index contributed by atoms with van der Waals surface area (Å²) < 4.78 is 1.69. The van der Waals surface area contributed by atoms with Gasteiger partial charge >= 0.3 is 5.97 Å². The summed E-state index contributed by atoms with van der Waals surface area (Å²) in [5, 5.41) is 13.1. The Kier molecular flexibility index (Phi) is 3.64. The molecule has 1 saturated heterocycles. The normalized spacial score (nSPS) is 19.8. The van der Waals surface area contributed by atoms with Crippen LogP contribution in [0.3, 0.4) is 0 Å². The van der Waals surface area contributed by atoms with E-state index in [1.165, 1.54) is 6.20 Å². The van der Waals surface area contributed by atoms with Gasteiger partial charge in [0.25, 0.3) is 5.91 Å². The highest BCUT2D eigenvalue weighted by atomic mass is 16.4. The first-order valence-electron chi connectivity index (χ1n) is 6.16. The van der Waals surface area contributed by atoms with Gasteiger partial charge in [-0.1, -0.05) is 0 Å². The average Bonchev–Trinajstić information content (AvgIpc) is 2.86. The van der Waals surface area contributed by atoms with E-state index in [0.717, 1.165) is 6.42 Å². The van der Waals surface area contributed by atoms with Crippen LogP contribution in [0.15, 0.2) is 12.4 Å². The van der Waals surface area contributed by atoms with E-state index in [9.17, 15) is 9.59 Å². The van der Waals surface area contributed by atoms with Gasteiger partial charge in [-0.05, 0) is 19.8 Å². The van der Waals surface area contributed by atoms with Gasteiger partial charge in [0.05, 0.1) is 17.7 Å². The number of carboxylic acids is 1. The van der Waals surface area contributed by atoms with E-state index in [1.54, 1.807) is 15.8 Å². The molecule has 2 heterocycles. The zero-order valence-corrected chi connectivity index (χ0v) is 10.4. The van der Waals surface area contributed by atoms with Crippen molar-refractivity contribution in [1.82, 2.24) is 14.7 Å². The monoisotopic (exact) mass is 251 g/mol. The number of hydrogen-bond acceptors (Lipinski definition) is 3. The number of carbonyl (C=O) groups excluding carboxylic acids is 1. The van der Waals surface area contributed by atoms with E-state index in [4.69, 9.17) is 5.11 Å². The Labute approximate surface area is 105 Å². The highest BCUT2D eigenvalue weighted by Gasteiger charge is 2.28. The number of likely N-dealkylation sites (tertiary alicyclic amines) is 1. The number of aromatic nitrogens is 2. The fraction of sp³-hybridized carbons (Fsp3) is 0.583. The lowest BCUT2D eigenvalue weighted by Crippen LogP contribution is -2.42. The van der Waals surface area contributed by atoms with Gasteiger partial charge in [-0.3, -0.25) is 14.3 Å². The highest BCUT2D eigenvalue weighted by molar-refractivity contribution is 5.94. The Bertz CT molecular complexity index is 455. The van der Waals surface area contributed by atoms with Crippen molar-refractivity contribution in [2.24, 2.45) is 5.92 Å². The van der Waals surface area contributed by atoms with Gasteiger partial charge in [0.2, 0.25) is 0 Å². The van der Waals surface area contributed by atoms with E-state index in [2.05, 4.69) is 5.10 Å². The van der Waals surface area contributed by atoms with Crippen molar-refractivity contribution in [3.63, 3.8) is 0 Å². The summed E-state index contributed by atoms with van der Waals surface area (Å²) in [6.45, 7) is 3.58. The summed E-state index contributed by atoms with van der Waals surface area (Å²) in [5.74, 6) is -1.39. The van der Waals surface area contributed by atoms with Crippen LogP contribution in [0, 0.1) is 5.92 Å². The van der Waals surface area contributed by atoms with Gasteiger partial charge in [-0.15, -0.1) is 0 Å². The third-order valence-corrected chi connectivity index (χ3v) is 3.26. The summed E-state index contributed by atoms with van der Waals surface area (Å²) in [6.07, 6.45) is 4.63. The molecule has 0 saturated carbocycles. The predicted octanol–water partition coefficient (Wildman–Crippen LogP) is 0.840. The molecule has 1 aromatic rings. The van der Waals surface area contributed by atoms with E-state index >= 15 is 0 Å². The minimum atomic E-state index is -0.822. The van der Waals surface area contributed by atoms with E-state index in [-0.39, 0.29) is 5.91 Å². The van der Waals surface area contributed by atoms with Crippen molar-refractivity contribution in [3.8, 4) is 0 Å². The second kappa shape index (κ2) is 5.20. The molecule has 0 spiro atoms. The fourth-order valence-corrected chi connectivity index (χ4v) is 2.19. The summed E-state index contributed by atoms with van der Waals surface area (Å²) >= 11 is 0. The van der Waals surface area contributed by atoms with Crippen molar-refractivity contribution in [1.29, 1.82) is 0 Å². The molecule has 1 N–H and O–H groups in total. The molecule has 6 nitrogen and oxygen atoms in total. The largest absolute Gasteiger partial charge is 0.481 e. The molecule has 1 aliphatic rings. The lowest BCUT2D eigenvalue weighted by Gasteiger charge is -2.30. The number of hydrogen-bond donors (Lipinski definition) is 1. The molecule has 6 heteroatoms. The lowest BCUT2D eigenvalue weighted by molar-refractivity contribution is -0.143. The molecule has 18 heavy (non-hydrogen) atoms. The average molecular weight is 251 g/mol. The van der Waals surface area contributed by atoms with Gasteiger partial charge in [-0.25, -0.2) is 0 Å². The number of aliphatic carboxylic acids is 1. The van der Waals surface area contributed by atoms with Gasteiger partial charge < -0.3 is 10.0 Å². The third kappa shape index (κ3) is 2.52. The van der Waals surface area contributed by atoms with Gasteiger partial charge in [0.15, 0.2) is 0 Å². The molecule has 0 aliphatic carbocycles. The van der Waals surface area contributed by atoms with Crippen molar-refractivity contribution in [3.05, 3.63) is 18.0 Å². The molecule has 0 radical (unpaired) electrons. The number of piperidine rings is 1. The topological polar surface area (TPSA) is 75.4 Å². The Balaban J connectivity index is 2.06. The van der Waals surface area contributed by atoms with Crippen molar-refractivity contribution < 1.29 is 14.7 Å². The standard InChI is InChI=1S/C12H17N3O3/c1-2-15-8-10(6-13-15)11(16)14-5-3-4-9(7-14)12(17)18/h6,8-9H,2-5,7H2,1H3,(H,17,18). The molecular formula is C12H17N3O3. The molecule has 2 rings (SSSR count). The minimum Gasteiger partial charge on any atom is -0.481 e. The van der Waals surface area contributed by atoms with Crippen LogP contribution >= 0.6 is 0 Å². The molecule has 98 valence electrons. The molecule has 1 atom stereocenters. The first-order chi connectivity index (χ1) is 8.61. The summed E-state index contributed by atoms with van der Waals surface area (Å²) in [6, 6.07) is 0. The van der Waals surface area contributed by atoms with E-state index < -0.39 is 11.9 Å². The minimum absolute atomic E-state index is 0.124. The Morgan fingerprint density at radius 1 is 1.56 bits per heavy atom. The molecule has 1 aromatic heterocycles. The second-order valence-corrected chi connectivity index (χ2v) is 4.51. The maximum absolute atomic E-state index is 12.2. The van der Waals surface area contributed by atoms with Crippen molar-refractivity contribution in [2.45, 2.75) is 26.3 Å². The SMILES string of the molecule is CCn1cc(C(=O)N2CCCC(C(=O)O)C2)cn1. The Morgan fingerprint density at radius 2 is 2.33 bits per heavy atom. The van der Waals surface area contributed by atoms with Crippen LogP contribution in [-0.4, -0.2) is 44.8 Å². The van der Waals surface area contributed by atoms with Crippen LogP contribution in [0.2, 0.25) is 0 Å². The van der Waals surface area contributed by atoms with Crippen LogP contribution in [0.5, 0.6) is 0 Å². The van der Waals surface area contributed by atoms with E-state index in [1.807, 2.05) is 6.92 Å². The van der Waals surface area contributed by atoms with Gasteiger partial charge in [-0.2, -0.15) is 5.10 Å². The lowest BCUT2D eigenvalue weighted by atomic mass is 9.98. The van der Waals surface area contributed by atoms with Gasteiger partial charge in [0, 0.05) is 25.8 Å². The number of nitrogens with zero attached hydrogens (tertiary/aromatic N) is 3. The maximum atomic E-state index is 12.2. The number of amides is 1. The molecule has 0 bridgehead atoms. The second-order valence-electron chi connectivity index (χ2n) is 4.51. The quantitative estimate of drug-likeness (QED) is 0.863. The van der Waals surface area contributed by atoms with Gasteiger partial charge in [0.1, 0.15) is 0 Å².